The molecule has 1 aromatic heterocycles. The third kappa shape index (κ3) is 6.75. The fraction of sp³-hybridized carbons (Fsp3) is 0.346. The topological polar surface area (TPSA) is 67.2 Å². The van der Waals surface area contributed by atoms with Crippen molar-refractivity contribution in [3.05, 3.63) is 66.5 Å². The summed E-state index contributed by atoms with van der Waals surface area (Å²) < 4.78 is 15.0. The Morgan fingerprint density at radius 1 is 1.09 bits per heavy atom. The molecule has 6 nitrogen and oxygen atoms in total. The van der Waals surface area contributed by atoms with Crippen molar-refractivity contribution >= 4 is 17.6 Å². The zero-order valence-electron chi connectivity index (χ0n) is 19.4. The van der Waals surface area contributed by atoms with Crippen LogP contribution in [0.15, 0.2) is 60.7 Å². The van der Waals surface area contributed by atoms with Crippen molar-refractivity contribution in [2.24, 2.45) is 5.92 Å². The van der Waals surface area contributed by atoms with Gasteiger partial charge in [0.15, 0.2) is 0 Å². The van der Waals surface area contributed by atoms with Gasteiger partial charge in [0, 0.05) is 24.6 Å². The third-order valence-electron chi connectivity index (χ3n) is 5.17. The van der Waals surface area contributed by atoms with Crippen LogP contribution < -0.4 is 5.32 Å². The van der Waals surface area contributed by atoms with Gasteiger partial charge >= 0.3 is 0 Å². The van der Waals surface area contributed by atoms with Gasteiger partial charge in [0.05, 0.1) is 17.9 Å². The molecule has 0 saturated carbocycles. The molecule has 0 aliphatic carbocycles. The van der Waals surface area contributed by atoms with Crippen molar-refractivity contribution in [3.8, 4) is 16.9 Å². The lowest BCUT2D eigenvalue weighted by atomic mass is 10.1. The van der Waals surface area contributed by atoms with Crippen molar-refractivity contribution in [1.29, 1.82) is 0 Å². The van der Waals surface area contributed by atoms with Crippen LogP contribution >= 0.6 is 0 Å². The van der Waals surface area contributed by atoms with Gasteiger partial charge in [-0.3, -0.25) is 9.59 Å². The molecule has 0 aliphatic rings. The molecule has 2 amide bonds. The minimum absolute atomic E-state index is 0.0226. The Bertz CT molecular complexity index is 1060. The maximum atomic E-state index is 13.5. The predicted molar refractivity (Wildman–Crippen MR) is 129 cm³/mol. The Morgan fingerprint density at radius 3 is 2.42 bits per heavy atom. The first-order valence-corrected chi connectivity index (χ1v) is 11.4. The minimum Gasteiger partial charge on any atom is -0.333 e. The summed E-state index contributed by atoms with van der Waals surface area (Å²) in [5.74, 6) is 0.00180. The molecule has 0 fully saturated rings. The molecule has 1 heterocycles. The summed E-state index contributed by atoms with van der Waals surface area (Å²) in [7, 11) is 0. The lowest BCUT2D eigenvalue weighted by molar-refractivity contribution is -0.135. The van der Waals surface area contributed by atoms with Gasteiger partial charge in [-0.25, -0.2) is 9.07 Å². The number of anilines is 1. The summed E-state index contributed by atoms with van der Waals surface area (Å²) in [5.41, 5.74) is 2.19. The van der Waals surface area contributed by atoms with E-state index in [0.29, 0.717) is 30.2 Å². The number of amides is 2. The number of carbonyl (C=O) groups excluding carboxylic acids is 2. The standard InChI is InChI=1S/C26H31FN4O2/c1-4-5-15-30(26(33)16-19(2)3)18-25(32)28-24-17-23(20-9-7-6-8-10-20)29-31(24)22-13-11-21(27)12-14-22/h6-14,17,19H,4-5,15-16,18H2,1-3H3,(H,28,32). The van der Waals surface area contributed by atoms with E-state index in [9.17, 15) is 14.0 Å². The highest BCUT2D eigenvalue weighted by Crippen LogP contribution is 2.25. The Morgan fingerprint density at radius 2 is 1.79 bits per heavy atom. The fourth-order valence-electron chi connectivity index (χ4n) is 3.47. The number of halogens is 1. The Labute approximate surface area is 194 Å². The summed E-state index contributed by atoms with van der Waals surface area (Å²) in [6.45, 7) is 6.55. The van der Waals surface area contributed by atoms with Gasteiger partial charge < -0.3 is 10.2 Å². The smallest absolute Gasteiger partial charge is 0.245 e. The largest absolute Gasteiger partial charge is 0.333 e. The van der Waals surface area contributed by atoms with Gasteiger partial charge in [-0.1, -0.05) is 57.5 Å². The third-order valence-corrected chi connectivity index (χ3v) is 5.17. The zero-order chi connectivity index (χ0) is 23.8. The summed E-state index contributed by atoms with van der Waals surface area (Å²) in [6, 6.07) is 17.3. The average molecular weight is 451 g/mol. The number of hydrogen-bond acceptors (Lipinski definition) is 3. The van der Waals surface area contributed by atoms with E-state index in [1.54, 1.807) is 27.8 Å². The molecule has 0 radical (unpaired) electrons. The number of rotatable bonds is 10. The minimum atomic E-state index is -0.352. The molecule has 174 valence electrons. The molecule has 0 atom stereocenters. The highest BCUT2D eigenvalue weighted by Gasteiger charge is 2.20. The number of nitrogens with zero attached hydrogens (tertiary/aromatic N) is 3. The van der Waals surface area contributed by atoms with Crippen LogP contribution in [0.3, 0.4) is 0 Å². The van der Waals surface area contributed by atoms with E-state index in [-0.39, 0.29) is 30.1 Å². The van der Waals surface area contributed by atoms with Crippen LogP contribution in [0.4, 0.5) is 10.2 Å². The van der Waals surface area contributed by atoms with Gasteiger partial charge in [-0.15, -0.1) is 0 Å². The summed E-state index contributed by atoms with van der Waals surface area (Å²) in [6.07, 6.45) is 2.18. The van der Waals surface area contributed by atoms with Gasteiger partial charge in [0.2, 0.25) is 11.8 Å². The summed E-state index contributed by atoms with van der Waals surface area (Å²) in [4.78, 5) is 27.2. The highest BCUT2D eigenvalue weighted by atomic mass is 19.1. The molecule has 1 N–H and O–H groups in total. The Balaban J connectivity index is 1.85. The SMILES string of the molecule is CCCCN(CC(=O)Nc1cc(-c2ccccc2)nn1-c1ccc(F)cc1)C(=O)CC(C)C. The molecular formula is C26H31FN4O2. The molecule has 3 aromatic rings. The number of aromatic nitrogens is 2. The molecule has 0 bridgehead atoms. The summed E-state index contributed by atoms with van der Waals surface area (Å²) >= 11 is 0. The summed E-state index contributed by atoms with van der Waals surface area (Å²) in [5, 5.41) is 7.54. The first-order chi connectivity index (χ1) is 15.9. The Kier molecular flexibility index (Phi) is 8.35. The van der Waals surface area contributed by atoms with Crippen LogP contribution in [0.25, 0.3) is 16.9 Å². The first-order valence-electron chi connectivity index (χ1n) is 11.4. The van der Waals surface area contributed by atoms with Crippen LogP contribution in [0.2, 0.25) is 0 Å². The maximum Gasteiger partial charge on any atom is 0.245 e. The van der Waals surface area contributed by atoms with Crippen molar-refractivity contribution < 1.29 is 14.0 Å². The number of carbonyl (C=O) groups is 2. The molecule has 3 rings (SSSR count). The van der Waals surface area contributed by atoms with Crippen molar-refractivity contribution in [2.75, 3.05) is 18.4 Å². The van der Waals surface area contributed by atoms with Crippen LogP contribution in [-0.2, 0) is 9.59 Å². The molecule has 2 aromatic carbocycles. The number of nitrogens with one attached hydrogen (secondary N) is 1. The second-order valence-electron chi connectivity index (χ2n) is 8.48. The molecule has 33 heavy (non-hydrogen) atoms. The molecule has 0 aliphatic heterocycles. The quantitative estimate of drug-likeness (QED) is 0.456. The van der Waals surface area contributed by atoms with Crippen LogP contribution in [-0.4, -0.2) is 39.6 Å². The lowest BCUT2D eigenvalue weighted by Crippen LogP contribution is -2.39. The van der Waals surface area contributed by atoms with E-state index in [4.69, 9.17) is 0 Å². The van der Waals surface area contributed by atoms with Crippen LogP contribution in [0.1, 0.15) is 40.0 Å². The molecule has 7 heteroatoms. The number of unbranched alkanes of at least 4 members (excludes halogenated alkanes) is 1. The van der Waals surface area contributed by atoms with E-state index in [1.807, 2.05) is 44.2 Å². The molecular weight excluding hydrogens is 419 g/mol. The second-order valence-corrected chi connectivity index (χ2v) is 8.48. The van der Waals surface area contributed by atoms with Crippen molar-refractivity contribution in [1.82, 2.24) is 14.7 Å². The first kappa shape index (κ1) is 24.2. The highest BCUT2D eigenvalue weighted by molar-refractivity contribution is 5.94. The van der Waals surface area contributed by atoms with E-state index in [2.05, 4.69) is 17.3 Å². The average Bonchev–Trinajstić information content (AvgIpc) is 3.20. The predicted octanol–water partition coefficient (Wildman–Crippen LogP) is 5.29. The lowest BCUT2D eigenvalue weighted by Gasteiger charge is -2.23. The maximum absolute atomic E-state index is 13.5. The van der Waals surface area contributed by atoms with Gasteiger partial charge in [-0.05, 0) is 36.6 Å². The molecule has 0 unspecified atom stereocenters. The fourth-order valence-corrected chi connectivity index (χ4v) is 3.47. The van der Waals surface area contributed by atoms with E-state index < -0.39 is 0 Å². The monoisotopic (exact) mass is 450 g/mol. The Hall–Kier alpha value is -3.48. The van der Waals surface area contributed by atoms with Gasteiger partial charge in [0.1, 0.15) is 11.6 Å². The number of hydrogen-bond donors (Lipinski definition) is 1. The normalized spacial score (nSPS) is 10.9. The van der Waals surface area contributed by atoms with E-state index in [0.717, 1.165) is 18.4 Å². The van der Waals surface area contributed by atoms with Gasteiger partial charge in [-0.2, -0.15) is 5.10 Å². The van der Waals surface area contributed by atoms with Crippen molar-refractivity contribution in [3.63, 3.8) is 0 Å². The van der Waals surface area contributed by atoms with Crippen molar-refractivity contribution in [2.45, 2.75) is 40.0 Å². The molecule has 0 saturated heterocycles. The van der Waals surface area contributed by atoms with Gasteiger partial charge in [0.25, 0.3) is 0 Å². The zero-order valence-corrected chi connectivity index (χ0v) is 19.4. The second kappa shape index (κ2) is 11.4. The molecule has 0 spiro atoms. The number of benzene rings is 2. The van der Waals surface area contributed by atoms with Crippen LogP contribution in [0, 0.1) is 11.7 Å². The van der Waals surface area contributed by atoms with E-state index >= 15 is 0 Å². The van der Waals surface area contributed by atoms with E-state index in [1.165, 1.54) is 12.1 Å². The van der Waals surface area contributed by atoms with Crippen LogP contribution in [0.5, 0.6) is 0 Å².